The lowest BCUT2D eigenvalue weighted by Crippen LogP contribution is -2.59. The Bertz CT molecular complexity index is 709. The Morgan fingerprint density at radius 3 is 1.37 bits per heavy atom. The summed E-state index contributed by atoms with van der Waals surface area (Å²) in [5.74, 6) is -4.78. The molecule has 0 aliphatic rings. The van der Waals surface area contributed by atoms with E-state index < -0.39 is 87.3 Å². The SMILES string of the molecule is CC(C)(C)OC(=O)N[C@@H](COC(F)F)C(=O)N[C@@H](COC(F)F)C(=O)N[C@@H](COC(F)F)C(=O)O. The highest BCUT2D eigenvalue weighted by molar-refractivity contribution is 5.93. The van der Waals surface area contributed by atoms with Gasteiger partial charge in [0.2, 0.25) is 11.8 Å². The Kier molecular flexibility index (Phi) is 14.0. The zero-order chi connectivity index (χ0) is 27.3. The molecular formula is C17H25F6N3O9. The van der Waals surface area contributed by atoms with Gasteiger partial charge in [0.15, 0.2) is 6.04 Å². The van der Waals surface area contributed by atoms with E-state index in [1.165, 1.54) is 20.8 Å². The molecule has 0 saturated heterocycles. The summed E-state index contributed by atoms with van der Waals surface area (Å²) in [5, 5.41) is 14.3. The Balaban J connectivity index is 5.56. The molecule has 3 amide bonds. The van der Waals surface area contributed by atoms with Gasteiger partial charge in [0.25, 0.3) is 0 Å². The Morgan fingerprint density at radius 2 is 1.03 bits per heavy atom. The second-order valence-electron chi connectivity index (χ2n) is 7.44. The summed E-state index contributed by atoms with van der Waals surface area (Å²) < 4.78 is 90.6. The third-order valence-electron chi connectivity index (χ3n) is 3.42. The summed E-state index contributed by atoms with van der Waals surface area (Å²) in [4.78, 5) is 47.8. The molecule has 0 rings (SSSR count). The number of amides is 3. The van der Waals surface area contributed by atoms with Crippen molar-refractivity contribution in [2.45, 2.75) is 64.3 Å². The molecule has 0 spiro atoms. The van der Waals surface area contributed by atoms with E-state index in [9.17, 15) is 45.5 Å². The van der Waals surface area contributed by atoms with Crippen LogP contribution in [0.25, 0.3) is 0 Å². The first-order valence-electron chi connectivity index (χ1n) is 9.54. The lowest BCUT2D eigenvalue weighted by atomic mass is 10.2. The van der Waals surface area contributed by atoms with Crippen LogP contribution < -0.4 is 16.0 Å². The fourth-order valence-corrected chi connectivity index (χ4v) is 2.04. The standard InChI is InChI=1S/C17H25F6N3O9/c1-17(2,3)35-16(31)26-8(5-33-14(20)21)11(28)24-7(4-32-13(18)19)10(27)25-9(12(29)30)6-34-15(22)23/h7-9,13-15H,4-6H2,1-3H3,(H,24,28)(H,25,27)(H,26,31)(H,29,30)/t7-,8-,9-/m0/s1. The summed E-state index contributed by atoms with van der Waals surface area (Å²) in [6.07, 6.45) is -1.27. The van der Waals surface area contributed by atoms with Gasteiger partial charge in [-0.15, -0.1) is 0 Å². The third kappa shape index (κ3) is 15.6. The van der Waals surface area contributed by atoms with Crippen LogP contribution in [-0.2, 0) is 33.3 Å². The van der Waals surface area contributed by atoms with Crippen LogP contribution >= 0.6 is 0 Å². The van der Waals surface area contributed by atoms with Crippen LogP contribution in [0.15, 0.2) is 0 Å². The topological polar surface area (TPSA) is 162 Å². The molecule has 4 N–H and O–H groups in total. The first kappa shape index (κ1) is 32.1. The Labute approximate surface area is 194 Å². The van der Waals surface area contributed by atoms with Crippen LogP contribution in [0.1, 0.15) is 20.8 Å². The predicted octanol–water partition coefficient (Wildman–Crippen LogP) is 0.652. The molecular weight excluding hydrogens is 504 g/mol. The minimum Gasteiger partial charge on any atom is -0.480 e. The van der Waals surface area contributed by atoms with E-state index >= 15 is 0 Å². The molecule has 0 heterocycles. The van der Waals surface area contributed by atoms with Gasteiger partial charge in [0, 0.05) is 0 Å². The average molecular weight is 529 g/mol. The normalized spacial score (nSPS) is 14.4. The van der Waals surface area contributed by atoms with Crippen LogP contribution in [0, 0.1) is 0 Å². The zero-order valence-electron chi connectivity index (χ0n) is 18.6. The van der Waals surface area contributed by atoms with Crippen LogP contribution in [0.4, 0.5) is 31.1 Å². The van der Waals surface area contributed by atoms with Gasteiger partial charge in [-0.2, -0.15) is 26.3 Å². The van der Waals surface area contributed by atoms with Crippen molar-refractivity contribution in [3.8, 4) is 0 Å². The highest BCUT2D eigenvalue weighted by Crippen LogP contribution is 2.08. The molecule has 35 heavy (non-hydrogen) atoms. The quantitative estimate of drug-likeness (QED) is 0.223. The van der Waals surface area contributed by atoms with Crippen LogP contribution in [0.2, 0.25) is 0 Å². The molecule has 0 aromatic rings. The van der Waals surface area contributed by atoms with Crippen molar-refractivity contribution in [1.29, 1.82) is 0 Å². The van der Waals surface area contributed by atoms with Gasteiger partial charge >= 0.3 is 31.9 Å². The monoisotopic (exact) mass is 529 g/mol. The summed E-state index contributed by atoms with van der Waals surface area (Å²) in [6, 6.07) is -6.14. The molecule has 0 aliphatic carbocycles. The number of hydrogen-bond acceptors (Lipinski definition) is 8. The minimum absolute atomic E-state index is 1.08. The molecule has 0 fully saturated rings. The van der Waals surface area contributed by atoms with Crippen molar-refractivity contribution in [2.24, 2.45) is 0 Å². The van der Waals surface area contributed by atoms with E-state index in [4.69, 9.17) is 9.84 Å². The largest absolute Gasteiger partial charge is 0.480 e. The number of aliphatic carboxylic acids is 1. The molecule has 204 valence electrons. The molecule has 0 radical (unpaired) electrons. The predicted molar refractivity (Wildman–Crippen MR) is 101 cm³/mol. The number of carboxylic acid groups (broad SMARTS) is 1. The van der Waals surface area contributed by atoms with Gasteiger partial charge < -0.3 is 40.0 Å². The highest BCUT2D eigenvalue weighted by Gasteiger charge is 2.32. The highest BCUT2D eigenvalue weighted by atomic mass is 19.3. The molecule has 0 aromatic carbocycles. The number of carbonyl (C=O) groups excluding carboxylic acids is 3. The van der Waals surface area contributed by atoms with Crippen molar-refractivity contribution in [3.63, 3.8) is 0 Å². The van der Waals surface area contributed by atoms with Gasteiger partial charge in [-0.25, -0.2) is 9.59 Å². The Hall–Kier alpha value is -2.86. The van der Waals surface area contributed by atoms with E-state index in [1.54, 1.807) is 10.6 Å². The zero-order valence-corrected chi connectivity index (χ0v) is 18.6. The number of nitrogens with one attached hydrogen (secondary N) is 3. The maximum atomic E-state index is 12.5. The molecule has 3 atom stereocenters. The fraction of sp³-hybridized carbons (Fsp3) is 0.765. The van der Waals surface area contributed by atoms with Crippen LogP contribution in [-0.4, -0.2) is 92.4 Å². The molecule has 0 aromatic heterocycles. The van der Waals surface area contributed by atoms with Crippen LogP contribution in [0.3, 0.4) is 0 Å². The maximum absolute atomic E-state index is 12.5. The van der Waals surface area contributed by atoms with E-state index in [-0.39, 0.29) is 0 Å². The van der Waals surface area contributed by atoms with Crippen molar-refractivity contribution in [3.05, 3.63) is 0 Å². The fourth-order valence-electron chi connectivity index (χ4n) is 2.04. The number of rotatable bonds is 15. The number of hydrogen-bond donors (Lipinski definition) is 4. The lowest BCUT2D eigenvalue weighted by Gasteiger charge is -2.25. The number of alkyl carbamates (subject to hydrolysis) is 1. The first-order chi connectivity index (χ1) is 16.0. The van der Waals surface area contributed by atoms with Gasteiger partial charge in [0.1, 0.15) is 17.7 Å². The molecule has 12 nitrogen and oxygen atoms in total. The second-order valence-corrected chi connectivity index (χ2v) is 7.44. The molecule has 0 unspecified atom stereocenters. The van der Waals surface area contributed by atoms with E-state index in [1.807, 2.05) is 5.32 Å². The van der Waals surface area contributed by atoms with Gasteiger partial charge in [-0.05, 0) is 20.8 Å². The summed E-state index contributed by atoms with van der Waals surface area (Å²) >= 11 is 0. The van der Waals surface area contributed by atoms with Crippen molar-refractivity contribution < 1.29 is 69.6 Å². The van der Waals surface area contributed by atoms with E-state index in [2.05, 4.69) is 14.2 Å². The smallest absolute Gasteiger partial charge is 0.408 e. The van der Waals surface area contributed by atoms with E-state index in [0.29, 0.717) is 0 Å². The first-order valence-corrected chi connectivity index (χ1v) is 9.54. The van der Waals surface area contributed by atoms with E-state index in [0.717, 1.165) is 0 Å². The summed E-state index contributed by atoms with van der Waals surface area (Å²) in [7, 11) is 0. The average Bonchev–Trinajstić information content (AvgIpc) is 2.68. The number of carboxylic acids is 1. The minimum atomic E-state index is -3.46. The summed E-state index contributed by atoms with van der Waals surface area (Å²) in [6.45, 7) is -9.60. The summed E-state index contributed by atoms with van der Waals surface area (Å²) in [5.41, 5.74) is -1.08. The number of alkyl halides is 6. The van der Waals surface area contributed by atoms with Crippen LogP contribution in [0.5, 0.6) is 0 Å². The molecule has 0 saturated carbocycles. The Morgan fingerprint density at radius 1 is 0.686 bits per heavy atom. The van der Waals surface area contributed by atoms with Gasteiger partial charge in [-0.3, -0.25) is 9.59 Å². The third-order valence-corrected chi connectivity index (χ3v) is 3.42. The van der Waals surface area contributed by atoms with Gasteiger partial charge in [-0.1, -0.05) is 0 Å². The number of halogens is 6. The van der Waals surface area contributed by atoms with Gasteiger partial charge in [0.05, 0.1) is 19.8 Å². The number of ether oxygens (including phenoxy) is 4. The maximum Gasteiger partial charge on any atom is 0.408 e. The van der Waals surface area contributed by atoms with Crippen molar-refractivity contribution in [1.82, 2.24) is 16.0 Å². The lowest BCUT2D eigenvalue weighted by molar-refractivity contribution is -0.159. The number of carbonyl (C=O) groups is 4. The second kappa shape index (κ2) is 15.2. The van der Waals surface area contributed by atoms with Crippen molar-refractivity contribution in [2.75, 3.05) is 19.8 Å². The molecule has 0 bridgehead atoms. The van der Waals surface area contributed by atoms with Crippen molar-refractivity contribution >= 4 is 23.9 Å². The molecule has 18 heteroatoms. The molecule has 0 aliphatic heterocycles.